The number of aliphatic hydroxyl groups is 4. The van der Waals surface area contributed by atoms with Gasteiger partial charge in [-0.15, -0.1) is 0 Å². The lowest BCUT2D eigenvalue weighted by atomic mass is 9.81. The molecule has 0 saturated heterocycles. The summed E-state index contributed by atoms with van der Waals surface area (Å²) in [6, 6.07) is 39.7. The fourth-order valence-corrected chi connectivity index (χ4v) is 9.13. The highest BCUT2D eigenvalue weighted by Crippen LogP contribution is 2.49. The molecule has 4 N–H and O–H groups in total. The van der Waals surface area contributed by atoms with Crippen molar-refractivity contribution < 1.29 is 20.4 Å². The second-order valence-electron chi connectivity index (χ2n) is 15.7. The highest BCUT2D eigenvalue weighted by Gasteiger charge is 2.37. The number of nitrogens with zero attached hydrogens (tertiary/aromatic N) is 1. The van der Waals surface area contributed by atoms with Crippen LogP contribution < -0.4 is 4.90 Å². The van der Waals surface area contributed by atoms with E-state index in [-0.39, 0.29) is 17.2 Å². The molecule has 55 heavy (non-hydrogen) atoms. The highest BCUT2D eigenvalue weighted by molar-refractivity contribution is 5.91. The molecule has 5 aromatic rings. The number of hydrogen-bond acceptors (Lipinski definition) is 5. The lowest BCUT2D eigenvalue weighted by molar-refractivity contribution is 0.0297. The monoisotopic (exact) mass is 723 g/mol. The average molecular weight is 724 g/mol. The van der Waals surface area contributed by atoms with E-state index in [1.807, 2.05) is 12.1 Å². The summed E-state index contributed by atoms with van der Waals surface area (Å²) < 4.78 is 0. The smallest absolute Gasteiger partial charge is 0.166 e. The summed E-state index contributed by atoms with van der Waals surface area (Å²) in [4.78, 5) is 2.42. The molecule has 5 aromatic carbocycles. The maximum absolute atomic E-state index is 10.9. The van der Waals surface area contributed by atoms with E-state index < -0.39 is 18.0 Å². The Kier molecular flexibility index (Phi) is 8.53. The van der Waals surface area contributed by atoms with Crippen LogP contribution in [-0.2, 0) is 5.41 Å². The van der Waals surface area contributed by atoms with E-state index in [9.17, 15) is 20.4 Å². The number of anilines is 1. The molecular weight excluding hydrogens is 679 g/mol. The number of rotatable bonds is 6. The number of allylic oxidation sites excluding steroid dienone is 6. The van der Waals surface area contributed by atoms with Crippen molar-refractivity contribution in [2.45, 2.75) is 63.7 Å². The minimum atomic E-state index is -1.57. The zero-order valence-electron chi connectivity index (χ0n) is 31.4. The van der Waals surface area contributed by atoms with Gasteiger partial charge in [-0.25, -0.2) is 0 Å². The molecule has 0 saturated carbocycles. The van der Waals surface area contributed by atoms with Gasteiger partial charge in [-0.05, 0) is 123 Å². The predicted molar refractivity (Wildman–Crippen MR) is 224 cm³/mol. The van der Waals surface area contributed by atoms with Crippen LogP contribution in [-0.4, -0.2) is 38.7 Å². The fraction of sp³-hybridized carbons (Fsp3) is 0.200. The maximum Gasteiger partial charge on any atom is 0.166 e. The van der Waals surface area contributed by atoms with Crippen LogP contribution >= 0.6 is 0 Å². The van der Waals surface area contributed by atoms with Gasteiger partial charge in [-0.1, -0.05) is 123 Å². The standard InChI is InChI=1S/C50H45NO4/c1-30-45(47(53)49(55)48(54)46(30)52)33-17-23-39(24-18-33)51(38-21-15-32(16-22-38)31-9-5-4-6-10-31)40-25-19-35-27-34(13-14-36(35)28-40)37-20-26-42-41-11-7-8-12-43(41)50(2,3)44(42)29-37/h4-17,19-21,23,25-29,38,47,49,52-55H,18,22,24H2,1-3H3. The average Bonchev–Trinajstić information content (AvgIpc) is 3.45. The van der Waals surface area contributed by atoms with Crippen molar-refractivity contribution >= 4 is 22.0 Å². The van der Waals surface area contributed by atoms with Gasteiger partial charge >= 0.3 is 0 Å². The molecule has 5 heteroatoms. The zero-order valence-corrected chi connectivity index (χ0v) is 31.4. The second kappa shape index (κ2) is 13.5. The Hall–Kier alpha value is -5.88. The van der Waals surface area contributed by atoms with Crippen LogP contribution in [0.1, 0.15) is 56.7 Å². The van der Waals surface area contributed by atoms with E-state index >= 15 is 0 Å². The summed E-state index contributed by atoms with van der Waals surface area (Å²) in [5.74, 6) is -0.964. The van der Waals surface area contributed by atoms with Gasteiger partial charge in [0.25, 0.3) is 0 Å². The quantitative estimate of drug-likeness (QED) is 0.140. The van der Waals surface area contributed by atoms with Crippen LogP contribution in [0.25, 0.3) is 38.6 Å². The third kappa shape index (κ3) is 5.86. The first-order chi connectivity index (χ1) is 26.6. The van der Waals surface area contributed by atoms with Crippen LogP contribution in [0, 0.1) is 0 Å². The summed E-state index contributed by atoms with van der Waals surface area (Å²) in [6.45, 7) is 6.31. The Morgan fingerprint density at radius 3 is 2.15 bits per heavy atom. The van der Waals surface area contributed by atoms with Crippen LogP contribution in [0.4, 0.5) is 5.69 Å². The van der Waals surface area contributed by atoms with Crippen LogP contribution in [0.5, 0.6) is 0 Å². The van der Waals surface area contributed by atoms with Crippen LogP contribution in [0.3, 0.4) is 0 Å². The van der Waals surface area contributed by atoms with E-state index in [2.05, 4.69) is 146 Å². The van der Waals surface area contributed by atoms with E-state index in [0.29, 0.717) is 24.0 Å². The fourth-order valence-electron chi connectivity index (χ4n) is 9.13. The van der Waals surface area contributed by atoms with Crippen LogP contribution in [0.2, 0.25) is 0 Å². The summed E-state index contributed by atoms with van der Waals surface area (Å²) in [5.41, 5.74) is 14.1. The Morgan fingerprint density at radius 2 is 1.38 bits per heavy atom. The van der Waals surface area contributed by atoms with Crippen molar-refractivity contribution in [2.24, 2.45) is 0 Å². The molecule has 0 amide bonds. The molecule has 4 aliphatic rings. The molecule has 274 valence electrons. The van der Waals surface area contributed by atoms with E-state index in [0.717, 1.165) is 28.8 Å². The van der Waals surface area contributed by atoms with E-state index in [4.69, 9.17) is 0 Å². The molecule has 3 atom stereocenters. The lowest BCUT2D eigenvalue weighted by Crippen LogP contribution is -2.36. The molecular formula is C50H45NO4. The second-order valence-corrected chi connectivity index (χ2v) is 15.7. The van der Waals surface area contributed by atoms with E-state index in [1.54, 1.807) is 6.92 Å². The molecule has 5 nitrogen and oxygen atoms in total. The Balaban J connectivity index is 1.07. The molecule has 0 spiro atoms. The molecule has 0 fully saturated rings. The van der Waals surface area contributed by atoms with Gasteiger partial charge in [0.2, 0.25) is 0 Å². The molecule has 0 radical (unpaired) electrons. The van der Waals surface area contributed by atoms with Gasteiger partial charge in [0.15, 0.2) is 11.5 Å². The van der Waals surface area contributed by atoms with Gasteiger partial charge < -0.3 is 25.3 Å². The Bertz CT molecular complexity index is 2570. The van der Waals surface area contributed by atoms with Gasteiger partial charge in [0, 0.05) is 22.4 Å². The van der Waals surface area contributed by atoms with Crippen molar-refractivity contribution in [2.75, 3.05) is 4.90 Å². The number of benzene rings is 5. The van der Waals surface area contributed by atoms with Crippen molar-refractivity contribution in [1.29, 1.82) is 0 Å². The molecule has 3 unspecified atom stereocenters. The molecule has 0 bridgehead atoms. The molecule has 9 rings (SSSR count). The first-order valence-electron chi connectivity index (χ1n) is 19.2. The van der Waals surface area contributed by atoms with Crippen molar-refractivity contribution in [3.05, 3.63) is 190 Å². The SMILES string of the molecule is CC1=C(C2=CC=C(N(c3ccc4cc(-c5ccc6c(c5)C(C)(C)c5ccccc5-6)ccc4c3)C3C=CC(c4ccccc4)=CC3)CC2)C(O)C(O)C(O)=C1O. The summed E-state index contributed by atoms with van der Waals surface area (Å²) in [7, 11) is 0. The third-order valence-electron chi connectivity index (χ3n) is 12.2. The maximum atomic E-state index is 10.9. The first-order valence-corrected chi connectivity index (χ1v) is 19.2. The molecule has 0 aromatic heterocycles. The zero-order chi connectivity index (χ0) is 38.0. The highest BCUT2D eigenvalue weighted by atomic mass is 16.4. The summed E-state index contributed by atoms with van der Waals surface area (Å²) in [6.07, 6.45) is 10.2. The minimum absolute atomic E-state index is 0.0550. The van der Waals surface area contributed by atoms with Crippen molar-refractivity contribution in [1.82, 2.24) is 0 Å². The van der Waals surface area contributed by atoms with Crippen LogP contribution in [0.15, 0.2) is 174 Å². The Morgan fingerprint density at radius 1 is 0.673 bits per heavy atom. The van der Waals surface area contributed by atoms with Gasteiger partial charge in [-0.3, -0.25) is 0 Å². The predicted octanol–water partition coefficient (Wildman–Crippen LogP) is 11.0. The normalized spacial score (nSPS) is 21.5. The lowest BCUT2D eigenvalue weighted by Gasteiger charge is -2.37. The summed E-state index contributed by atoms with van der Waals surface area (Å²) >= 11 is 0. The van der Waals surface area contributed by atoms with Gasteiger partial charge in [0.05, 0.1) is 6.04 Å². The minimum Gasteiger partial charge on any atom is -0.506 e. The number of aliphatic hydroxyl groups excluding tert-OH is 4. The molecule has 0 heterocycles. The first kappa shape index (κ1) is 34.9. The van der Waals surface area contributed by atoms with Gasteiger partial charge in [-0.2, -0.15) is 0 Å². The van der Waals surface area contributed by atoms with Gasteiger partial charge in [0.1, 0.15) is 12.2 Å². The topological polar surface area (TPSA) is 84.2 Å². The number of hydrogen-bond donors (Lipinski definition) is 4. The molecule has 4 aliphatic carbocycles. The number of fused-ring (bicyclic) bond motifs is 4. The van der Waals surface area contributed by atoms with Crippen molar-refractivity contribution in [3.63, 3.8) is 0 Å². The van der Waals surface area contributed by atoms with E-state index in [1.165, 1.54) is 49.9 Å². The molecule has 0 aliphatic heterocycles. The third-order valence-corrected chi connectivity index (χ3v) is 12.2. The Labute approximate surface area is 322 Å². The summed E-state index contributed by atoms with van der Waals surface area (Å²) in [5, 5.41) is 44.3. The van der Waals surface area contributed by atoms with Crippen molar-refractivity contribution in [3.8, 4) is 22.3 Å². The largest absolute Gasteiger partial charge is 0.506 e.